The zero-order valence-corrected chi connectivity index (χ0v) is 20.3. The predicted molar refractivity (Wildman–Crippen MR) is 131 cm³/mol. The molecule has 0 saturated heterocycles. The standard InChI is InChI=1S/C21H28N6O4S2/c1-3-5-7-11-26(16-17(22)27(10-6-4-2)20(30)23-18(16)29)15(28)13-33-21-25-24-19(31-21)14-9-8-12-32-14/h8-9,12H,3-7,10-11,13,22H2,1-2H3,(H,23,29,30). The molecule has 3 aromatic heterocycles. The maximum Gasteiger partial charge on any atom is 0.330 e. The van der Waals surface area contributed by atoms with Gasteiger partial charge >= 0.3 is 5.69 Å². The Bertz CT molecular complexity index is 1170. The first-order chi connectivity index (χ1) is 16.0. The van der Waals surface area contributed by atoms with Crippen LogP contribution in [0.25, 0.3) is 10.8 Å². The summed E-state index contributed by atoms with van der Waals surface area (Å²) in [6.07, 6.45) is 4.11. The number of hydrogen-bond acceptors (Lipinski definition) is 9. The SMILES string of the molecule is CCCCCN(C(=O)CSc1nnc(-c2cccs2)o1)c1c(N)n(CCCC)c(=O)[nH]c1=O. The average Bonchev–Trinajstić information content (AvgIpc) is 3.48. The van der Waals surface area contributed by atoms with Gasteiger partial charge in [0.1, 0.15) is 5.82 Å². The molecular formula is C21H28N6O4S2. The van der Waals surface area contributed by atoms with Crippen molar-refractivity contribution in [3.05, 3.63) is 38.4 Å². The van der Waals surface area contributed by atoms with Gasteiger partial charge in [0.05, 0.1) is 10.6 Å². The second-order valence-electron chi connectivity index (χ2n) is 7.39. The number of thioether (sulfide) groups is 1. The molecule has 3 aromatic rings. The van der Waals surface area contributed by atoms with Gasteiger partial charge in [0.15, 0.2) is 5.69 Å². The largest absolute Gasteiger partial charge is 0.410 e. The van der Waals surface area contributed by atoms with E-state index >= 15 is 0 Å². The van der Waals surface area contributed by atoms with E-state index in [1.807, 2.05) is 24.4 Å². The van der Waals surface area contributed by atoms with Crippen LogP contribution in [0.1, 0.15) is 46.0 Å². The molecule has 0 radical (unpaired) electrons. The number of rotatable bonds is 12. The van der Waals surface area contributed by atoms with E-state index in [0.717, 1.165) is 42.3 Å². The molecule has 33 heavy (non-hydrogen) atoms. The van der Waals surface area contributed by atoms with Crippen molar-refractivity contribution in [1.29, 1.82) is 0 Å². The number of unbranched alkanes of at least 4 members (excludes halogenated alkanes) is 3. The minimum Gasteiger partial charge on any atom is -0.410 e. The van der Waals surface area contributed by atoms with Crippen LogP contribution in [0, 0.1) is 0 Å². The summed E-state index contributed by atoms with van der Waals surface area (Å²) in [6, 6.07) is 3.76. The Morgan fingerprint density at radius 3 is 2.73 bits per heavy atom. The van der Waals surface area contributed by atoms with Gasteiger partial charge in [0.2, 0.25) is 5.91 Å². The van der Waals surface area contributed by atoms with Crippen LogP contribution in [-0.4, -0.2) is 38.0 Å². The lowest BCUT2D eigenvalue weighted by Crippen LogP contribution is -2.42. The maximum absolute atomic E-state index is 13.2. The van der Waals surface area contributed by atoms with Gasteiger partial charge in [0.25, 0.3) is 16.7 Å². The number of nitrogens with two attached hydrogens (primary N) is 1. The Hall–Kier alpha value is -2.86. The van der Waals surface area contributed by atoms with Gasteiger partial charge < -0.3 is 15.1 Å². The monoisotopic (exact) mass is 492 g/mol. The van der Waals surface area contributed by atoms with Crippen molar-refractivity contribution in [3.63, 3.8) is 0 Å². The smallest absolute Gasteiger partial charge is 0.330 e. The van der Waals surface area contributed by atoms with Gasteiger partial charge in [-0.2, -0.15) is 0 Å². The number of nitrogen functional groups attached to an aromatic ring is 1. The third kappa shape index (κ3) is 6.14. The van der Waals surface area contributed by atoms with Crippen molar-refractivity contribution < 1.29 is 9.21 Å². The zero-order valence-electron chi connectivity index (χ0n) is 18.7. The molecule has 0 aromatic carbocycles. The number of nitrogens with one attached hydrogen (secondary N) is 1. The topological polar surface area (TPSA) is 140 Å². The minimum absolute atomic E-state index is 0.00446. The Labute approximate surface area is 199 Å². The van der Waals surface area contributed by atoms with Gasteiger partial charge in [0, 0.05) is 13.1 Å². The van der Waals surface area contributed by atoms with Gasteiger partial charge in [-0.3, -0.25) is 19.1 Å². The molecule has 0 fully saturated rings. The number of hydrogen-bond donors (Lipinski definition) is 2. The van der Waals surface area contributed by atoms with Crippen LogP contribution in [0.3, 0.4) is 0 Å². The fraction of sp³-hybridized carbons (Fsp3) is 0.476. The summed E-state index contributed by atoms with van der Waals surface area (Å²) in [5, 5.41) is 10.2. The summed E-state index contributed by atoms with van der Waals surface area (Å²) >= 11 is 2.57. The lowest BCUT2D eigenvalue weighted by atomic mass is 10.2. The molecule has 10 nitrogen and oxygen atoms in total. The summed E-state index contributed by atoms with van der Waals surface area (Å²) in [7, 11) is 0. The number of carbonyl (C=O) groups is 1. The highest BCUT2D eigenvalue weighted by Gasteiger charge is 2.24. The van der Waals surface area contributed by atoms with Crippen LogP contribution in [0.5, 0.6) is 0 Å². The molecule has 3 N–H and O–H groups in total. The fourth-order valence-electron chi connectivity index (χ4n) is 3.23. The molecule has 0 bridgehead atoms. The molecule has 0 saturated carbocycles. The lowest BCUT2D eigenvalue weighted by Gasteiger charge is -2.24. The van der Waals surface area contributed by atoms with Crippen LogP contribution < -0.4 is 21.9 Å². The van der Waals surface area contributed by atoms with Crippen molar-refractivity contribution in [1.82, 2.24) is 19.7 Å². The summed E-state index contributed by atoms with van der Waals surface area (Å²) in [5.41, 5.74) is 5.01. The highest BCUT2D eigenvalue weighted by atomic mass is 32.2. The van der Waals surface area contributed by atoms with Gasteiger partial charge in [-0.05, 0) is 24.3 Å². The van der Waals surface area contributed by atoms with E-state index < -0.39 is 11.2 Å². The number of amides is 1. The molecule has 0 unspecified atom stereocenters. The Balaban J connectivity index is 1.82. The van der Waals surface area contributed by atoms with E-state index in [-0.39, 0.29) is 28.4 Å². The molecule has 3 rings (SSSR count). The zero-order chi connectivity index (χ0) is 23.8. The first-order valence-electron chi connectivity index (χ1n) is 10.9. The number of aromatic nitrogens is 4. The quantitative estimate of drug-likeness (QED) is 0.290. The molecule has 0 aliphatic rings. The lowest BCUT2D eigenvalue weighted by molar-refractivity contribution is -0.116. The van der Waals surface area contributed by atoms with Gasteiger partial charge in [-0.25, -0.2) is 4.79 Å². The fourth-order valence-corrected chi connectivity index (χ4v) is 4.51. The van der Waals surface area contributed by atoms with Crippen molar-refractivity contribution >= 4 is 40.5 Å². The Morgan fingerprint density at radius 2 is 2.03 bits per heavy atom. The number of nitrogens with zero attached hydrogens (tertiary/aromatic N) is 4. The van der Waals surface area contributed by atoms with E-state index in [2.05, 4.69) is 22.1 Å². The molecule has 3 heterocycles. The Kier molecular flexibility index (Phi) is 8.89. The highest BCUT2D eigenvalue weighted by molar-refractivity contribution is 7.99. The number of thiophene rings is 1. The third-order valence-corrected chi connectivity index (χ3v) is 6.62. The average molecular weight is 493 g/mol. The van der Waals surface area contributed by atoms with Crippen molar-refractivity contribution in [2.75, 3.05) is 22.9 Å². The van der Waals surface area contributed by atoms with Crippen LogP contribution in [0.15, 0.2) is 36.7 Å². The molecule has 0 aliphatic heterocycles. The van der Waals surface area contributed by atoms with Gasteiger partial charge in [-0.15, -0.1) is 21.5 Å². The molecule has 12 heteroatoms. The summed E-state index contributed by atoms with van der Waals surface area (Å²) in [5.74, 6) is 0.0451. The molecule has 1 amide bonds. The highest BCUT2D eigenvalue weighted by Crippen LogP contribution is 2.27. The van der Waals surface area contributed by atoms with Crippen molar-refractivity contribution in [2.24, 2.45) is 0 Å². The minimum atomic E-state index is -0.669. The third-order valence-electron chi connectivity index (χ3n) is 4.96. The molecule has 0 spiro atoms. The van der Waals surface area contributed by atoms with Crippen molar-refractivity contribution in [2.45, 2.75) is 57.7 Å². The maximum atomic E-state index is 13.2. The number of carbonyl (C=O) groups excluding carboxylic acids is 1. The van der Waals surface area contributed by atoms with E-state index in [9.17, 15) is 14.4 Å². The molecule has 0 atom stereocenters. The second kappa shape index (κ2) is 11.8. The van der Waals surface area contributed by atoms with Gasteiger partial charge in [-0.1, -0.05) is 50.9 Å². The first kappa shape index (κ1) is 24.8. The second-order valence-corrected chi connectivity index (χ2v) is 9.26. The summed E-state index contributed by atoms with van der Waals surface area (Å²) in [6.45, 7) is 4.73. The van der Waals surface area contributed by atoms with E-state index in [1.165, 1.54) is 20.8 Å². The van der Waals surface area contributed by atoms with Crippen LogP contribution in [0.4, 0.5) is 11.5 Å². The van der Waals surface area contributed by atoms with Crippen LogP contribution in [-0.2, 0) is 11.3 Å². The van der Waals surface area contributed by atoms with Crippen LogP contribution in [0.2, 0.25) is 0 Å². The summed E-state index contributed by atoms with van der Waals surface area (Å²) < 4.78 is 6.95. The number of H-pyrrole nitrogens is 1. The van der Waals surface area contributed by atoms with E-state index in [0.29, 0.717) is 25.4 Å². The number of anilines is 2. The normalized spacial score (nSPS) is 11.1. The van der Waals surface area contributed by atoms with Crippen molar-refractivity contribution in [3.8, 4) is 10.8 Å². The van der Waals surface area contributed by atoms with E-state index in [1.54, 1.807) is 0 Å². The molecule has 178 valence electrons. The molecule has 0 aliphatic carbocycles. The Morgan fingerprint density at radius 1 is 1.24 bits per heavy atom. The summed E-state index contributed by atoms with van der Waals surface area (Å²) in [4.78, 5) is 42.7. The first-order valence-corrected chi connectivity index (χ1v) is 12.8. The van der Waals surface area contributed by atoms with Crippen LogP contribution >= 0.6 is 23.1 Å². The van der Waals surface area contributed by atoms with E-state index in [4.69, 9.17) is 10.2 Å². The predicted octanol–water partition coefficient (Wildman–Crippen LogP) is 3.35. The number of aromatic amines is 1. The molecular weight excluding hydrogens is 464 g/mol.